The first-order chi connectivity index (χ1) is 10.3. The average Bonchev–Trinajstić information content (AvgIpc) is 3.02. The van der Waals surface area contributed by atoms with Gasteiger partial charge in [0, 0.05) is 31.6 Å². The summed E-state index contributed by atoms with van der Waals surface area (Å²) in [5, 5.41) is 13.5. The Morgan fingerprint density at radius 3 is 2.86 bits per heavy atom. The number of halogens is 1. The van der Waals surface area contributed by atoms with Crippen molar-refractivity contribution in [2.75, 3.05) is 18.1 Å². The van der Waals surface area contributed by atoms with Crippen molar-refractivity contribution in [1.82, 2.24) is 24.7 Å². The van der Waals surface area contributed by atoms with E-state index in [1.807, 2.05) is 0 Å². The number of hydrogen-bond acceptors (Lipinski definition) is 6. The Balaban J connectivity index is 1.93. The largest absolute Gasteiger partial charge is 0.396 e. The molecule has 0 amide bonds. The normalized spacial score (nSPS) is 19.0. The molecule has 2 aromatic rings. The molecule has 0 spiro atoms. The van der Waals surface area contributed by atoms with Crippen LogP contribution in [0.5, 0.6) is 0 Å². The van der Waals surface area contributed by atoms with Crippen molar-refractivity contribution in [2.24, 2.45) is 0 Å². The molecule has 3 rings (SSSR count). The van der Waals surface area contributed by atoms with Crippen LogP contribution in [0.15, 0.2) is 18.5 Å². The lowest BCUT2D eigenvalue weighted by molar-refractivity contribution is 0.261. The lowest BCUT2D eigenvalue weighted by Gasteiger charge is -2.35. The molecule has 1 aliphatic heterocycles. The third-order valence-corrected chi connectivity index (χ3v) is 3.81. The molecule has 8 heteroatoms. The molecule has 7 nitrogen and oxygen atoms in total. The van der Waals surface area contributed by atoms with Gasteiger partial charge in [0.2, 0.25) is 11.2 Å². The molecule has 112 valence electrons. The predicted molar refractivity (Wildman–Crippen MR) is 78.6 cm³/mol. The second-order valence-corrected chi connectivity index (χ2v) is 5.35. The highest BCUT2D eigenvalue weighted by Gasteiger charge is 2.25. The molecule has 1 unspecified atom stereocenters. The van der Waals surface area contributed by atoms with Crippen molar-refractivity contribution in [3.8, 4) is 5.95 Å². The summed E-state index contributed by atoms with van der Waals surface area (Å²) in [6.45, 7) is 1.02. The van der Waals surface area contributed by atoms with E-state index in [2.05, 4.69) is 25.0 Å². The molecule has 3 heterocycles. The van der Waals surface area contributed by atoms with Crippen molar-refractivity contribution in [3.05, 3.63) is 23.7 Å². The maximum absolute atomic E-state index is 9.22. The summed E-state index contributed by atoms with van der Waals surface area (Å²) in [7, 11) is 0. The summed E-state index contributed by atoms with van der Waals surface area (Å²) >= 11 is 6.03. The second-order valence-electron chi connectivity index (χ2n) is 5.01. The molecule has 0 bridgehead atoms. The highest BCUT2D eigenvalue weighted by molar-refractivity contribution is 6.28. The molecule has 1 aliphatic rings. The SMILES string of the molecule is OCCC1CCCCN1c1nc(Cl)nc(-n2cccn2)n1. The van der Waals surface area contributed by atoms with Gasteiger partial charge in [-0.3, -0.25) is 0 Å². The van der Waals surface area contributed by atoms with Crippen molar-refractivity contribution in [3.63, 3.8) is 0 Å². The zero-order chi connectivity index (χ0) is 14.7. The van der Waals surface area contributed by atoms with Gasteiger partial charge in [-0.05, 0) is 43.4 Å². The first-order valence-corrected chi connectivity index (χ1v) is 7.45. The molecule has 0 aromatic carbocycles. The second kappa shape index (κ2) is 6.36. The van der Waals surface area contributed by atoms with Crippen LogP contribution in [0.3, 0.4) is 0 Å². The molecule has 1 fully saturated rings. The van der Waals surface area contributed by atoms with Gasteiger partial charge in [0.25, 0.3) is 5.95 Å². The summed E-state index contributed by atoms with van der Waals surface area (Å²) in [4.78, 5) is 14.9. The highest BCUT2D eigenvalue weighted by Crippen LogP contribution is 2.24. The van der Waals surface area contributed by atoms with E-state index in [1.165, 1.54) is 0 Å². The van der Waals surface area contributed by atoms with Gasteiger partial charge in [-0.2, -0.15) is 20.1 Å². The zero-order valence-electron chi connectivity index (χ0n) is 11.6. The molecular formula is C13H17ClN6O. The number of hydrogen-bond donors (Lipinski definition) is 1. The molecule has 2 aromatic heterocycles. The van der Waals surface area contributed by atoms with E-state index in [1.54, 1.807) is 23.1 Å². The topological polar surface area (TPSA) is 80.0 Å². The van der Waals surface area contributed by atoms with Gasteiger partial charge in [0.05, 0.1) is 0 Å². The van der Waals surface area contributed by atoms with Crippen molar-refractivity contribution >= 4 is 17.5 Å². The summed E-state index contributed by atoms with van der Waals surface area (Å²) in [6.07, 6.45) is 7.40. The minimum atomic E-state index is 0.152. The van der Waals surface area contributed by atoms with Gasteiger partial charge in [0.15, 0.2) is 0 Å². The maximum atomic E-state index is 9.22. The Bertz CT molecular complexity index is 588. The van der Waals surface area contributed by atoms with E-state index in [0.29, 0.717) is 18.3 Å². The highest BCUT2D eigenvalue weighted by atomic mass is 35.5. The van der Waals surface area contributed by atoms with Crippen LogP contribution < -0.4 is 4.90 Å². The summed E-state index contributed by atoms with van der Waals surface area (Å²) in [6, 6.07) is 2.04. The van der Waals surface area contributed by atoms with Crippen LogP contribution in [0, 0.1) is 0 Å². The molecule has 1 saturated heterocycles. The van der Waals surface area contributed by atoms with Gasteiger partial charge < -0.3 is 10.0 Å². The predicted octanol–water partition coefficient (Wildman–Crippen LogP) is 1.45. The Hall–Kier alpha value is -1.73. The quantitative estimate of drug-likeness (QED) is 0.921. The standard InChI is InChI=1S/C13H17ClN6O/c14-11-16-12(18-13(17-11)20-8-3-6-15-20)19-7-2-1-4-10(19)5-9-21/h3,6,8,10,21H,1-2,4-5,7,9H2. The summed E-state index contributed by atoms with van der Waals surface area (Å²) in [5.41, 5.74) is 0. The molecular weight excluding hydrogens is 292 g/mol. The Labute approximate surface area is 127 Å². The van der Waals surface area contributed by atoms with Crippen molar-refractivity contribution < 1.29 is 5.11 Å². The third kappa shape index (κ3) is 3.14. The van der Waals surface area contributed by atoms with Crippen molar-refractivity contribution in [1.29, 1.82) is 0 Å². The minimum Gasteiger partial charge on any atom is -0.396 e. The van der Waals surface area contributed by atoms with Gasteiger partial charge in [-0.1, -0.05) is 0 Å². The summed E-state index contributed by atoms with van der Waals surface area (Å²) < 4.78 is 1.56. The fraction of sp³-hybridized carbons (Fsp3) is 0.538. The molecule has 1 atom stereocenters. The van der Waals surface area contributed by atoms with Crippen LogP contribution in [-0.4, -0.2) is 49.0 Å². The molecule has 0 aliphatic carbocycles. The van der Waals surface area contributed by atoms with E-state index in [-0.39, 0.29) is 17.9 Å². The van der Waals surface area contributed by atoms with E-state index in [9.17, 15) is 5.11 Å². The van der Waals surface area contributed by atoms with Gasteiger partial charge in [-0.15, -0.1) is 0 Å². The monoisotopic (exact) mass is 308 g/mol. The fourth-order valence-corrected chi connectivity index (χ4v) is 2.81. The number of aliphatic hydroxyl groups excluding tert-OH is 1. The zero-order valence-corrected chi connectivity index (χ0v) is 12.3. The smallest absolute Gasteiger partial charge is 0.256 e. The fourth-order valence-electron chi connectivity index (χ4n) is 2.66. The minimum absolute atomic E-state index is 0.152. The van der Waals surface area contributed by atoms with Crippen LogP contribution in [0.1, 0.15) is 25.7 Å². The Kier molecular flexibility index (Phi) is 4.31. The number of nitrogens with zero attached hydrogens (tertiary/aromatic N) is 6. The number of anilines is 1. The number of rotatable bonds is 4. The number of piperidine rings is 1. The Morgan fingerprint density at radius 2 is 2.10 bits per heavy atom. The lowest BCUT2D eigenvalue weighted by Crippen LogP contribution is -2.41. The van der Waals surface area contributed by atoms with Crippen LogP contribution in [0.2, 0.25) is 5.28 Å². The van der Waals surface area contributed by atoms with E-state index >= 15 is 0 Å². The first kappa shape index (κ1) is 14.2. The maximum Gasteiger partial charge on any atom is 0.256 e. The van der Waals surface area contributed by atoms with Gasteiger partial charge in [0.1, 0.15) is 0 Å². The van der Waals surface area contributed by atoms with Gasteiger partial charge >= 0.3 is 0 Å². The average molecular weight is 309 g/mol. The summed E-state index contributed by atoms with van der Waals surface area (Å²) in [5.74, 6) is 0.960. The molecule has 1 N–H and O–H groups in total. The molecule has 21 heavy (non-hydrogen) atoms. The van der Waals surface area contributed by atoms with Crippen LogP contribution in [-0.2, 0) is 0 Å². The molecule has 0 saturated carbocycles. The Morgan fingerprint density at radius 1 is 1.24 bits per heavy atom. The third-order valence-electron chi connectivity index (χ3n) is 3.64. The number of aliphatic hydroxyl groups is 1. The van der Waals surface area contributed by atoms with E-state index in [0.717, 1.165) is 25.8 Å². The van der Waals surface area contributed by atoms with Gasteiger partial charge in [-0.25, -0.2) is 4.68 Å². The molecule has 0 radical (unpaired) electrons. The number of aromatic nitrogens is 5. The van der Waals surface area contributed by atoms with Crippen molar-refractivity contribution in [2.45, 2.75) is 31.7 Å². The van der Waals surface area contributed by atoms with E-state index < -0.39 is 0 Å². The van der Waals surface area contributed by atoms with Crippen LogP contribution in [0.25, 0.3) is 5.95 Å². The van der Waals surface area contributed by atoms with Crippen LogP contribution in [0.4, 0.5) is 5.95 Å². The first-order valence-electron chi connectivity index (χ1n) is 7.07. The van der Waals surface area contributed by atoms with Crippen LogP contribution >= 0.6 is 11.6 Å². The van der Waals surface area contributed by atoms with E-state index in [4.69, 9.17) is 11.6 Å². The lowest BCUT2D eigenvalue weighted by atomic mass is 10.0.